The van der Waals surface area contributed by atoms with Gasteiger partial charge in [0.2, 0.25) is 0 Å². The van der Waals surface area contributed by atoms with Gasteiger partial charge >= 0.3 is 0 Å². The van der Waals surface area contributed by atoms with E-state index in [1.54, 1.807) is 6.33 Å². The molecule has 17 heavy (non-hydrogen) atoms. The number of nitrogens with one attached hydrogen (secondary N) is 1. The molecule has 0 aliphatic carbocycles. The Kier molecular flexibility index (Phi) is 4.20. The third-order valence-electron chi connectivity index (χ3n) is 3.19. The molecule has 0 bridgehead atoms. The summed E-state index contributed by atoms with van der Waals surface area (Å²) in [5, 5.41) is 3.25. The van der Waals surface area contributed by atoms with Gasteiger partial charge in [0.05, 0.1) is 0 Å². The number of rotatable bonds is 3. The van der Waals surface area contributed by atoms with E-state index in [9.17, 15) is 0 Å². The minimum atomic E-state index is 0.560. The van der Waals surface area contributed by atoms with Gasteiger partial charge in [0, 0.05) is 19.1 Å². The van der Waals surface area contributed by atoms with E-state index in [0.29, 0.717) is 6.04 Å². The summed E-state index contributed by atoms with van der Waals surface area (Å²) in [6.07, 6.45) is 5.45. The predicted octanol–water partition coefficient (Wildman–Crippen LogP) is 3.05. The molecule has 1 aromatic heterocycles. The Bertz CT molecular complexity index is 383. The van der Waals surface area contributed by atoms with Crippen LogP contribution in [0, 0.1) is 0 Å². The molecule has 0 aromatic carbocycles. The molecule has 1 N–H and O–H groups in total. The first-order chi connectivity index (χ1) is 8.24. The zero-order valence-corrected chi connectivity index (χ0v) is 12.0. The average Bonchev–Trinajstić information content (AvgIpc) is 2.33. The van der Waals surface area contributed by atoms with E-state index in [4.69, 9.17) is 0 Å². The number of piperidine rings is 1. The van der Waals surface area contributed by atoms with Crippen LogP contribution in [-0.4, -0.2) is 29.1 Å². The van der Waals surface area contributed by atoms with Gasteiger partial charge in [-0.15, -0.1) is 0 Å². The number of hydrogen-bond donors (Lipinski definition) is 1. The Morgan fingerprint density at radius 1 is 1.47 bits per heavy atom. The molecule has 1 aliphatic heterocycles. The van der Waals surface area contributed by atoms with Crippen LogP contribution in [0.25, 0.3) is 0 Å². The second kappa shape index (κ2) is 5.67. The highest BCUT2D eigenvalue weighted by Crippen LogP contribution is 2.32. The van der Waals surface area contributed by atoms with Crippen molar-refractivity contribution < 1.29 is 0 Å². The second-order valence-electron chi connectivity index (χ2n) is 4.43. The van der Waals surface area contributed by atoms with Crippen molar-refractivity contribution in [3.63, 3.8) is 0 Å². The second-order valence-corrected chi connectivity index (χ2v) is 5.22. The third kappa shape index (κ3) is 2.70. The highest BCUT2D eigenvalue weighted by Gasteiger charge is 2.22. The maximum Gasteiger partial charge on any atom is 0.148 e. The van der Waals surface area contributed by atoms with Crippen LogP contribution in [0.1, 0.15) is 33.1 Å². The van der Waals surface area contributed by atoms with Crippen molar-refractivity contribution in [2.45, 2.75) is 39.2 Å². The first-order valence-corrected chi connectivity index (χ1v) is 7.04. The fraction of sp³-hybridized carbons (Fsp3) is 0.667. The predicted molar refractivity (Wildman–Crippen MR) is 74.6 cm³/mol. The molecule has 1 unspecified atom stereocenters. The van der Waals surface area contributed by atoms with Crippen LogP contribution in [0.4, 0.5) is 11.6 Å². The summed E-state index contributed by atoms with van der Waals surface area (Å²) in [6, 6.07) is 0.560. The van der Waals surface area contributed by atoms with E-state index >= 15 is 0 Å². The smallest absolute Gasteiger partial charge is 0.148 e. The van der Waals surface area contributed by atoms with Gasteiger partial charge in [-0.2, -0.15) is 0 Å². The van der Waals surface area contributed by atoms with Crippen LogP contribution in [0.5, 0.6) is 0 Å². The van der Waals surface area contributed by atoms with Gasteiger partial charge < -0.3 is 10.2 Å². The lowest BCUT2D eigenvalue weighted by molar-refractivity contribution is 0.480. The molecule has 1 fully saturated rings. The van der Waals surface area contributed by atoms with Crippen LogP contribution in [0.3, 0.4) is 0 Å². The fourth-order valence-corrected chi connectivity index (χ4v) is 2.84. The first kappa shape index (κ1) is 12.6. The minimum absolute atomic E-state index is 0.560. The Labute approximate surface area is 111 Å². The summed E-state index contributed by atoms with van der Waals surface area (Å²) in [7, 11) is 0. The topological polar surface area (TPSA) is 41.1 Å². The molecule has 4 nitrogen and oxygen atoms in total. The first-order valence-electron chi connectivity index (χ1n) is 6.25. The summed E-state index contributed by atoms with van der Waals surface area (Å²) in [6.45, 7) is 6.28. The molecule has 94 valence electrons. The summed E-state index contributed by atoms with van der Waals surface area (Å²) in [5.74, 6) is 1.90. The van der Waals surface area contributed by atoms with Crippen molar-refractivity contribution in [1.29, 1.82) is 0 Å². The molecule has 2 heterocycles. The molecule has 1 saturated heterocycles. The molecule has 1 aliphatic rings. The van der Waals surface area contributed by atoms with Gasteiger partial charge in [-0.25, -0.2) is 9.97 Å². The van der Waals surface area contributed by atoms with Crippen molar-refractivity contribution in [3.8, 4) is 0 Å². The van der Waals surface area contributed by atoms with Crippen molar-refractivity contribution in [3.05, 3.63) is 10.8 Å². The largest absolute Gasteiger partial charge is 0.369 e. The fourth-order valence-electron chi connectivity index (χ4n) is 2.26. The van der Waals surface area contributed by atoms with Gasteiger partial charge in [0.1, 0.15) is 22.4 Å². The van der Waals surface area contributed by atoms with Gasteiger partial charge in [-0.05, 0) is 49.0 Å². The summed E-state index contributed by atoms with van der Waals surface area (Å²) in [4.78, 5) is 11.0. The number of anilines is 2. The summed E-state index contributed by atoms with van der Waals surface area (Å²) >= 11 is 3.62. The van der Waals surface area contributed by atoms with E-state index in [1.165, 1.54) is 19.3 Å². The molecular weight excluding hydrogens is 280 g/mol. The monoisotopic (exact) mass is 298 g/mol. The summed E-state index contributed by atoms with van der Waals surface area (Å²) in [5.41, 5.74) is 0. The van der Waals surface area contributed by atoms with Gasteiger partial charge in [-0.3, -0.25) is 0 Å². The molecule has 2 rings (SSSR count). The number of halogens is 1. The van der Waals surface area contributed by atoms with Crippen LogP contribution in [0.15, 0.2) is 10.8 Å². The average molecular weight is 299 g/mol. The normalized spacial score (nSPS) is 20.4. The SMILES string of the molecule is CCNc1ncnc(N2CCCCC2C)c1Br. The van der Waals surface area contributed by atoms with Crippen molar-refractivity contribution >= 4 is 27.6 Å². The van der Waals surface area contributed by atoms with E-state index < -0.39 is 0 Å². The lowest BCUT2D eigenvalue weighted by Crippen LogP contribution is -2.38. The highest BCUT2D eigenvalue weighted by atomic mass is 79.9. The molecule has 1 aromatic rings. The van der Waals surface area contributed by atoms with Crippen LogP contribution in [-0.2, 0) is 0 Å². The summed E-state index contributed by atoms with van der Waals surface area (Å²) < 4.78 is 0.982. The van der Waals surface area contributed by atoms with E-state index in [2.05, 4.69) is 50.0 Å². The number of aromatic nitrogens is 2. The van der Waals surface area contributed by atoms with E-state index in [-0.39, 0.29) is 0 Å². The molecule has 0 spiro atoms. The maximum atomic E-state index is 4.42. The van der Waals surface area contributed by atoms with Crippen molar-refractivity contribution in [1.82, 2.24) is 9.97 Å². The minimum Gasteiger partial charge on any atom is -0.369 e. The Morgan fingerprint density at radius 2 is 2.29 bits per heavy atom. The van der Waals surface area contributed by atoms with Crippen molar-refractivity contribution in [2.24, 2.45) is 0 Å². The molecule has 5 heteroatoms. The molecule has 1 atom stereocenters. The zero-order chi connectivity index (χ0) is 12.3. The molecule has 0 radical (unpaired) electrons. The molecule has 0 amide bonds. The quantitative estimate of drug-likeness (QED) is 0.931. The lowest BCUT2D eigenvalue weighted by Gasteiger charge is -2.35. The van der Waals surface area contributed by atoms with Crippen molar-refractivity contribution in [2.75, 3.05) is 23.3 Å². The van der Waals surface area contributed by atoms with E-state index in [0.717, 1.165) is 29.2 Å². The van der Waals surface area contributed by atoms with Gasteiger partial charge in [0.15, 0.2) is 0 Å². The standard InChI is InChI=1S/C12H19BrN4/c1-3-14-11-10(13)12(16-8-15-11)17-7-5-4-6-9(17)2/h8-9H,3-7H2,1-2H3,(H,14,15,16). The van der Waals surface area contributed by atoms with Gasteiger partial charge in [-0.1, -0.05) is 0 Å². The lowest BCUT2D eigenvalue weighted by atomic mass is 10.0. The third-order valence-corrected chi connectivity index (χ3v) is 3.92. The van der Waals surface area contributed by atoms with Crippen LogP contribution >= 0.6 is 15.9 Å². The van der Waals surface area contributed by atoms with Gasteiger partial charge in [0.25, 0.3) is 0 Å². The maximum absolute atomic E-state index is 4.42. The molecular formula is C12H19BrN4. The zero-order valence-electron chi connectivity index (χ0n) is 10.4. The highest BCUT2D eigenvalue weighted by molar-refractivity contribution is 9.10. The van der Waals surface area contributed by atoms with Crippen LogP contribution < -0.4 is 10.2 Å². The number of nitrogens with zero attached hydrogens (tertiary/aromatic N) is 3. The van der Waals surface area contributed by atoms with Crippen LogP contribution in [0.2, 0.25) is 0 Å². The van der Waals surface area contributed by atoms with E-state index in [1.807, 2.05) is 0 Å². The Hall–Kier alpha value is -0.840. The molecule has 0 saturated carbocycles. The Balaban J connectivity index is 2.27. The Morgan fingerprint density at radius 3 is 3.00 bits per heavy atom. The number of hydrogen-bond acceptors (Lipinski definition) is 4.